The second-order valence-electron chi connectivity index (χ2n) is 6.75. The number of aromatic nitrogens is 3. The second kappa shape index (κ2) is 9.26. The lowest BCUT2D eigenvalue weighted by Crippen LogP contribution is -2.22. The summed E-state index contributed by atoms with van der Waals surface area (Å²) < 4.78 is 2.14. The summed E-state index contributed by atoms with van der Waals surface area (Å²) in [6.45, 7) is 6.71. The number of halogens is 1. The Labute approximate surface area is 174 Å². The van der Waals surface area contributed by atoms with Crippen molar-refractivity contribution in [1.82, 2.24) is 19.9 Å². The van der Waals surface area contributed by atoms with E-state index in [1.54, 1.807) is 18.0 Å². The smallest absolute Gasteiger partial charge is 0.217 e. The van der Waals surface area contributed by atoms with E-state index in [1.165, 1.54) is 6.92 Å². The van der Waals surface area contributed by atoms with E-state index >= 15 is 0 Å². The summed E-state index contributed by atoms with van der Waals surface area (Å²) in [5.74, 6) is 0.972. The van der Waals surface area contributed by atoms with Gasteiger partial charge in [0, 0.05) is 23.0 Å². The van der Waals surface area contributed by atoms with Gasteiger partial charge in [-0.15, -0.1) is 0 Å². The molecule has 0 aliphatic rings. The molecule has 1 N–H and O–H groups in total. The largest absolute Gasteiger partial charge is 0.349 e. The molecule has 3 aromatic rings. The first-order valence-corrected chi connectivity index (χ1v) is 10.3. The van der Waals surface area contributed by atoms with Crippen molar-refractivity contribution in [2.45, 2.75) is 49.7 Å². The van der Waals surface area contributed by atoms with Crippen molar-refractivity contribution in [2.24, 2.45) is 0 Å². The average Bonchev–Trinajstić information content (AvgIpc) is 2.98. The van der Waals surface area contributed by atoms with Gasteiger partial charge >= 0.3 is 0 Å². The van der Waals surface area contributed by atoms with Crippen molar-refractivity contribution < 1.29 is 4.79 Å². The third kappa shape index (κ3) is 5.14. The van der Waals surface area contributed by atoms with Crippen LogP contribution in [0, 0.1) is 0 Å². The minimum atomic E-state index is -0.0810. The highest BCUT2D eigenvalue weighted by atomic mass is 35.5. The number of hydrogen-bond donors (Lipinski definition) is 1. The fourth-order valence-electron chi connectivity index (χ4n) is 2.78. The molecular formula is C21H23ClN4OS. The van der Waals surface area contributed by atoms with E-state index in [0.717, 1.165) is 27.1 Å². The number of nitrogens with zero attached hydrogens (tertiary/aromatic N) is 3. The van der Waals surface area contributed by atoms with E-state index in [1.807, 2.05) is 42.5 Å². The van der Waals surface area contributed by atoms with Crippen LogP contribution in [0.3, 0.4) is 0 Å². The van der Waals surface area contributed by atoms with Crippen molar-refractivity contribution in [1.29, 1.82) is 0 Å². The normalized spacial score (nSPS) is 11.0. The summed E-state index contributed by atoms with van der Waals surface area (Å²) in [7, 11) is 0. The summed E-state index contributed by atoms with van der Waals surface area (Å²) in [5.41, 5.74) is 1.94. The fraction of sp³-hybridized carbons (Fsp3) is 0.286. The maximum absolute atomic E-state index is 11.5. The Hall–Kier alpha value is -2.31. The standard InChI is InChI=1S/C21H23ClN4OS/c1-14(2)20-21(28-18-9-6-7-16(22)11-18)26(13-17-8-4-5-10-23-17)19(25-20)12-24-15(3)27/h4-11,14H,12-13H2,1-3H3,(H,24,27). The van der Waals surface area contributed by atoms with Crippen LogP contribution in [0.5, 0.6) is 0 Å². The lowest BCUT2D eigenvalue weighted by molar-refractivity contribution is -0.119. The number of pyridine rings is 1. The van der Waals surface area contributed by atoms with Crippen LogP contribution in [0.1, 0.15) is 43.9 Å². The van der Waals surface area contributed by atoms with Gasteiger partial charge in [-0.3, -0.25) is 9.78 Å². The van der Waals surface area contributed by atoms with Crippen molar-refractivity contribution in [3.8, 4) is 0 Å². The summed E-state index contributed by atoms with van der Waals surface area (Å²) in [4.78, 5) is 21.8. The molecule has 0 radical (unpaired) electrons. The third-order valence-corrected chi connectivity index (χ3v) is 5.47. The Bertz CT molecular complexity index is 956. The van der Waals surface area contributed by atoms with Gasteiger partial charge in [0.25, 0.3) is 0 Å². The minimum absolute atomic E-state index is 0.0810. The predicted molar refractivity (Wildman–Crippen MR) is 113 cm³/mol. The number of carbonyl (C=O) groups excluding carboxylic acids is 1. The van der Waals surface area contributed by atoms with E-state index < -0.39 is 0 Å². The number of imidazole rings is 1. The van der Waals surface area contributed by atoms with Crippen LogP contribution < -0.4 is 5.32 Å². The molecule has 7 heteroatoms. The molecule has 1 aromatic carbocycles. The molecule has 1 amide bonds. The molecule has 0 unspecified atom stereocenters. The Morgan fingerprint density at radius 1 is 1.25 bits per heavy atom. The molecule has 0 bridgehead atoms. The van der Waals surface area contributed by atoms with Crippen LogP contribution in [0.25, 0.3) is 0 Å². The van der Waals surface area contributed by atoms with Crippen molar-refractivity contribution in [3.63, 3.8) is 0 Å². The second-order valence-corrected chi connectivity index (χ2v) is 8.25. The molecule has 0 atom stereocenters. The van der Waals surface area contributed by atoms with Crippen LogP contribution in [0.15, 0.2) is 58.6 Å². The number of benzene rings is 1. The summed E-state index contributed by atoms with van der Waals surface area (Å²) in [6, 6.07) is 13.6. The van der Waals surface area contributed by atoms with Gasteiger partial charge in [-0.25, -0.2) is 4.98 Å². The zero-order valence-electron chi connectivity index (χ0n) is 16.1. The summed E-state index contributed by atoms with van der Waals surface area (Å²) >= 11 is 7.81. The predicted octanol–water partition coefficient (Wildman–Crippen LogP) is 4.89. The van der Waals surface area contributed by atoms with E-state index in [9.17, 15) is 4.79 Å². The SMILES string of the molecule is CC(=O)NCc1nc(C(C)C)c(Sc2cccc(Cl)c2)n1Cc1ccccn1. The van der Waals surface area contributed by atoms with Gasteiger partial charge in [-0.2, -0.15) is 0 Å². The van der Waals surface area contributed by atoms with Crippen LogP contribution in [-0.2, 0) is 17.9 Å². The summed E-state index contributed by atoms with van der Waals surface area (Å²) in [6.07, 6.45) is 1.78. The Kier molecular flexibility index (Phi) is 6.75. The van der Waals surface area contributed by atoms with E-state index in [0.29, 0.717) is 18.1 Å². The van der Waals surface area contributed by atoms with E-state index in [4.69, 9.17) is 16.6 Å². The lowest BCUT2D eigenvalue weighted by atomic mass is 10.1. The molecule has 0 saturated carbocycles. The van der Waals surface area contributed by atoms with Crippen LogP contribution in [-0.4, -0.2) is 20.4 Å². The van der Waals surface area contributed by atoms with E-state index in [2.05, 4.69) is 28.7 Å². The fourth-order valence-corrected chi connectivity index (χ4v) is 4.26. The van der Waals surface area contributed by atoms with Crippen molar-refractivity contribution in [3.05, 3.63) is 70.9 Å². The van der Waals surface area contributed by atoms with Gasteiger partial charge in [0.2, 0.25) is 5.91 Å². The zero-order valence-corrected chi connectivity index (χ0v) is 17.7. The molecule has 2 heterocycles. The number of rotatable bonds is 7. The van der Waals surface area contributed by atoms with Crippen LogP contribution >= 0.6 is 23.4 Å². The molecule has 0 aliphatic heterocycles. The maximum atomic E-state index is 11.5. The van der Waals surface area contributed by atoms with Crippen LogP contribution in [0.4, 0.5) is 0 Å². The lowest BCUT2D eigenvalue weighted by Gasteiger charge is -2.13. The molecule has 146 valence electrons. The number of amides is 1. The number of carbonyl (C=O) groups is 1. The van der Waals surface area contributed by atoms with Gasteiger partial charge < -0.3 is 9.88 Å². The van der Waals surface area contributed by atoms with Gasteiger partial charge in [-0.1, -0.05) is 49.3 Å². The molecule has 0 fully saturated rings. The highest BCUT2D eigenvalue weighted by Gasteiger charge is 2.21. The molecule has 0 aliphatic carbocycles. The van der Waals surface area contributed by atoms with Gasteiger partial charge in [0.15, 0.2) is 0 Å². The van der Waals surface area contributed by atoms with E-state index in [-0.39, 0.29) is 11.8 Å². The Morgan fingerprint density at radius 3 is 2.71 bits per heavy atom. The Morgan fingerprint density at radius 2 is 2.07 bits per heavy atom. The first kappa shape index (κ1) is 20.4. The minimum Gasteiger partial charge on any atom is -0.349 e. The summed E-state index contributed by atoms with van der Waals surface area (Å²) in [5, 5.41) is 4.61. The quantitative estimate of drug-likeness (QED) is 0.597. The molecule has 0 saturated heterocycles. The van der Waals surface area contributed by atoms with Crippen molar-refractivity contribution >= 4 is 29.3 Å². The molecule has 28 heavy (non-hydrogen) atoms. The highest BCUT2D eigenvalue weighted by molar-refractivity contribution is 7.99. The number of hydrogen-bond acceptors (Lipinski definition) is 4. The maximum Gasteiger partial charge on any atom is 0.217 e. The Balaban J connectivity index is 2.06. The van der Waals surface area contributed by atoms with Crippen LogP contribution in [0.2, 0.25) is 5.02 Å². The first-order valence-electron chi connectivity index (χ1n) is 9.11. The topological polar surface area (TPSA) is 59.8 Å². The highest BCUT2D eigenvalue weighted by Crippen LogP contribution is 2.36. The molecular weight excluding hydrogens is 392 g/mol. The van der Waals surface area contributed by atoms with Gasteiger partial charge in [0.1, 0.15) is 10.9 Å². The molecule has 5 nitrogen and oxygen atoms in total. The zero-order chi connectivity index (χ0) is 20.1. The molecule has 2 aromatic heterocycles. The average molecular weight is 415 g/mol. The van der Waals surface area contributed by atoms with Gasteiger partial charge in [-0.05, 0) is 36.2 Å². The molecule has 0 spiro atoms. The molecule has 3 rings (SSSR count). The number of nitrogens with one attached hydrogen (secondary N) is 1. The van der Waals surface area contributed by atoms with Crippen molar-refractivity contribution in [2.75, 3.05) is 0 Å². The monoisotopic (exact) mass is 414 g/mol. The third-order valence-electron chi connectivity index (χ3n) is 4.12. The first-order chi connectivity index (χ1) is 13.4. The van der Waals surface area contributed by atoms with Gasteiger partial charge in [0.05, 0.1) is 24.5 Å².